The number of benzene rings is 2. The molecule has 0 amide bonds. The van der Waals surface area contributed by atoms with Crippen molar-refractivity contribution in [3.8, 4) is 0 Å². The highest BCUT2D eigenvalue weighted by Gasteiger charge is 2.68. The zero-order valence-electron chi connectivity index (χ0n) is 17.1. The lowest BCUT2D eigenvalue weighted by molar-refractivity contribution is -0.556. The van der Waals surface area contributed by atoms with Gasteiger partial charge in [-0.15, -0.1) is 0 Å². The summed E-state index contributed by atoms with van der Waals surface area (Å²) in [4.78, 5) is 12.7. The van der Waals surface area contributed by atoms with E-state index in [1.54, 1.807) is 0 Å². The Morgan fingerprint density at radius 2 is 1.62 bits per heavy atom. The van der Waals surface area contributed by atoms with Crippen LogP contribution in [0.1, 0.15) is 50.7 Å². The van der Waals surface area contributed by atoms with E-state index in [2.05, 4.69) is 74.5 Å². The first-order valence-corrected chi connectivity index (χ1v) is 10.9. The van der Waals surface area contributed by atoms with Crippen LogP contribution in [0.2, 0.25) is 0 Å². The van der Waals surface area contributed by atoms with Crippen LogP contribution in [0.15, 0.2) is 66.7 Å². The van der Waals surface area contributed by atoms with E-state index in [0.29, 0.717) is 5.92 Å². The molecule has 4 fully saturated rings. The van der Waals surface area contributed by atoms with E-state index in [1.807, 2.05) is 6.07 Å². The van der Waals surface area contributed by atoms with Crippen LogP contribution < -0.4 is 0 Å². The smallest absolute Gasteiger partial charge is 0.205 e. The zero-order valence-corrected chi connectivity index (χ0v) is 17.1. The number of rotatable bonds is 2. The summed E-state index contributed by atoms with van der Waals surface area (Å²) < 4.78 is 6.91. The summed E-state index contributed by atoms with van der Waals surface area (Å²) in [6.07, 6.45) is 6.12. The Labute approximate surface area is 172 Å². The Kier molecular flexibility index (Phi) is 3.72. The molecule has 3 saturated carbocycles. The van der Waals surface area contributed by atoms with Gasteiger partial charge in [0.25, 0.3) is 0 Å². The molecular formula is C26H28O3. The van der Waals surface area contributed by atoms with Crippen molar-refractivity contribution >= 4 is 5.57 Å². The van der Waals surface area contributed by atoms with Gasteiger partial charge < -0.3 is 4.74 Å². The molecule has 7 rings (SSSR count). The van der Waals surface area contributed by atoms with Gasteiger partial charge in [-0.25, -0.2) is 4.89 Å². The van der Waals surface area contributed by atoms with Gasteiger partial charge in [0.15, 0.2) is 5.60 Å². The molecule has 0 aromatic heterocycles. The van der Waals surface area contributed by atoms with E-state index >= 15 is 0 Å². The summed E-state index contributed by atoms with van der Waals surface area (Å²) in [7, 11) is 0. The van der Waals surface area contributed by atoms with Gasteiger partial charge in [0, 0.05) is 18.8 Å². The molecule has 4 aliphatic carbocycles. The van der Waals surface area contributed by atoms with Crippen molar-refractivity contribution in [2.24, 2.45) is 17.3 Å². The van der Waals surface area contributed by atoms with Crippen LogP contribution in [-0.4, -0.2) is 11.9 Å². The van der Waals surface area contributed by atoms with Crippen molar-refractivity contribution in [1.29, 1.82) is 0 Å². The molecule has 1 aliphatic heterocycles. The third-order valence-electron chi connectivity index (χ3n) is 8.17. The highest BCUT2D eigenvalue weighted by molar-refractivity contribution is 5.70. The molecule has 0 unspecified atom stereocenters. The average molecular weight is 389 g/mol. The predicted octanol–water partition coefficient (Wildman–Crippen LogP) is 5.87. The highest BCUT2D eigenvalue weighted by atomic mass is 17.3. The molecule has 1 heterocycles. The first-order chi connectivity index (χ1) is 14.0. The van der Waals surface area contributed by atoms with Crippen LogP contribution >= 0.6 is 0 Å². The topological polar surface area (TPSA) is 27.7 Å². The fourth-order valence-electron chi connectivity index (χ4n) is 6.27. The Hall–Kier alpha value is -1.94. The maximum Gasteiger partial charge on any atom is 0.205 e. The quantitative estimate of drug-likeness (QED) is 0.602. The molecule has 3 nitrogen and oxygen atoms in total. The van der Waals surface area contributed by atoms with Gasteiger partial charge in [0.05, 0.1) is 0 Å². The number of hydrogen-bond acceptors (Lipinski definition) is 3. The minimum absolute atomic E-state index is 0.151. The lowest BCUT2D eigenvalue weighted by atomic mass is 9.46. The van der Waals surface area contributed by atoms with E-state index in [9.17, 15) is 0 Å². The van der Waals surface area contributed by atoms with Gasteiger partial charge in [-0.1, -0.05) is 74.5 Å². The molecule has 0 radical (unpaired) electrons. The van der Waals surface area contributed by atoms with Gasteiger partial charge in [-0.3, -0.25) is 0 Å². The lowest BCUT2D eigenvalue weighted by Gasteiger charge is -2.65. The van der Waals surface area contributed by atoms with E-state index in [1.165, 1.54) is 17.6 Å². The lowest BCUT2D eigenvalue weighted by Crippen LogP contribution is -2.67. The van der Waals surface area contributed by atoms with Crippen LogP contribution in [0.25, 0.3) is 5.57 Å². The van der Waals surface area contributed by atoms with Gasteiger partial charge in [0.1, 0.15) is 6.10 Å². The minimum Gasteiger partial charge on any atom is -0.336 e. The molecule has 29 heavy (non-hydrogen) atoms. The van der Waals surface area contributed by atoms with Crippen LogP contribution in [0, 0.1) is 17.3 Å². The summed E-state index contributed by atoms with van der Waals surface area (Å²) in [5.74, 6) is 0.547. The standard InChI is InChI=1S/C26H28O3/c1-24(2)21-13-14-26(22(24)16-21)27-23-15-19(18-9-5-3-6-10-18)17-25(23,28-29-26)20-11-7-4-8-12-20/h3-12,15,21-23H,13-14,16-17H2,1-2H3/t21-,22+,23+,25+,26+/m0/s1. The molecule has 5 atom stereocenters. The van der Waals surface area contributed by atoms with Crippen molar-refractivity contribution in [3.63, 3.8) is 0 Å². The van der Waals surface area contributed by atoms with Crippen molar-refractivity contribution in [2.45, 2.75) is 57.0 Å². The van der Waals surface area contributed by atoms with Gasteiger partial charge in [-0.2, -0.15) is 4.89 Å². The van der Waals surface area contributed by atoms with E-state index < -0.39 is 11.4 Å². The second-order valence-corrected chi connectivity index (χ2v) is 9.85. The molecular weight excluding hydrogens is 360 g/mol. The maximum atomic E-state index is 6.91. The summed E-state index contributed by atoms with van der Waals surface area (Å²) >= 11 is 0. The Morgan fingerprint density at radius 1 is 0.897 bits per heavy atom. The summed E-state index contributed by atoms with van der Waals surface area (Å²) in [5, 5.41) is 0. The van der Waals surface area contributed by atoms with Crippen molar-refractivity contribution < 1.29 is 14.5 Å². The Balaban J connectivity index is 1.41. The largest absolute Gasteiger partial charge is 0.336 e. The van der Waals surface area contributed by atoms with Crippen LogP contribution in [0.4, 0.5) is 0 Å². The van der Waals surface area contributed by atoms with Crippen molar-refractivity contribution in [3.05, 3.63) is 77.9 Å². The van der Waals surface area contributed by atoms with Crippen molar-refractivity contribution in [1.82, 2.24) is 0 Å². The number of ether oxygens (including phenoxy) is 1. The predicted molar refractivity (Wildman–Crippen MR) is 112 cm³/mol. The third-order valence-corrected chi connectivity index (χ3v) is 8.17. The van der Waals surface area contributed by atoms with E-state index in [-0.39, 0.29) is 11.5 Å². The Morgan fingerprint density at radius 3 is 2.31 bits per heavy atom. The molecule has 2 aromatic carbocycles. The zero-order chi connectivity index (χ0) is 19.7. The normalized spacial score (nSPS) is 39.5. The first-order valence-electron chi connectivity index (χ1n) is 10.9. The van der Waals surface area contributed by atoms with E-state index in [0.717, 1.165) is 30.7 Å². The van der Waals surface area contributed by atoms with Crippen LogP contribution in [0.3, 0.4) is 0 Å². The highest BCUT2D eigenvalue weighted by Crippen LogP contribution is 2.66. The fraction of sp³-hybridized carbons (Fsp3) is 0.462. The molecule has 1 spiro atoms. The number of fused-ring (bicyclic) bond motifs is 2. The summed E-state index contributed by atoms with van der Waals surface area (Å²) in [6.45, 7) is 4.72. The molecule has 2 bridgehead atoms. The SMILES string of the molecule is CC1(C)[C@H]2CC[C@@]3(OO[C@@]4(c5ccccc5)CC(c5ccccc5)=C[C@H]4O3)[C@@H]1C2. The second-order valence-electron chi connectivity index (χ2n) is 9.85. The fourth-order valence-corrected chi connectivity index (χ4v) is 6.27. The van der Waals surface area contributed by atoms with Gasteiger partial charge >= 0.3 is 0 Å². The summed E-state index contributed by atoms with van der Waals surface area (Å²) in [5.41, 5.74) is 3.23. The molecule has 5 aliphatic rings. The molecule has 0 N–H and O–H groups in total. The maximum absolute atomic E-state index is 6.91. The minimum atomic E-state index is -0.623. The third kappa shape index (κ3) is 2.41. The first kappa shape index (κ1) is 17.9. The molecule has 3 heteroatoms. The second kappa shape index (κ2) is 6.04. The monoisotopic (exact) mass is 388 g/mol. The Bertz CT molecular complexity index is 948. The van der Waals surface area contributed by atoms with Crippen molar-refractivity contribution in [2.75, 3.05) is 0 Å². The van der Waals surface area contributed by atoms with Gasteiger partial charge in [-0.05, 0) is 47.0 Å². The summed E-state index contributed by atoms with van der Waals surface area (Å²) in [6, 6.07) is 21.0. The van der Waals surface area contributed by atoms with E-state index in [4.69, 9.17) is 14.5 Å². The number of hydrogen-bond donors (Lipinski definition) is 0. The van der Waals surface area contributed by atoms with Crippen LogP contribution in [0.5, 0.6) is 0 Å². The average Bonchev–Trinajstić information content (AvgIpc) is 3.14. The molecule has 1 saturated heterocycles. The molecule has 150 valence electrons. The van der Waals surface area contributed by atoms with Crippen LogP contribution in [-0.2, 0) is 20.1 Å². The van der Waals surface area contributed by atoms with Gasteiger partial charge in [0.2, 0.25) is 5.79 Å². The molecule has 2 aromatic rings.